The van der Waals surface area contributed by atoms with E-state index in [0.29, 0.717) is 25.4 Å². The summed E-state index contributed by atoms with van der Waals surface area (Å²) in [6.45, 7) is 3.54. The molecule has 6 heteroatoms. The first-order valence-electron chi connectivity index (χ1n) is 7.70. The minimum Gasteiger partial charge on any atom is -0.494 e. The van der Waals surface area contributed by atoms with Crippen LogP contribution in [-0.2, 0) is 4.74 Å². The second-order valence-corrected chi connectivity index (χ2v) is 5.87. The summed E-state index contributed by atoms with van der Waals surface area (Å²) < 4.78 is 7.53. The quantitative estimate of drug-likeness (QED) is 0.730. The fourth-order valence-corrected chi connectivity index (χ4v) is 3.44. The molecular formula is C16H20N4O2. The van der Waals surface area contributed by atoms with Gasteiger partial charge in [0, 0.05) is 17.6 Å². The molecule has 4 rings (SSSR count). The van der Waals surface area contributed by atoms with Gasteiger partial charge >= 0.3 is 0 Å². The van der Waals surface area contributed by atoms with Crippen LogP contribution in [0.3, 0.4) is 0 Å². The molecule has 2 aliphatic heterocycles. The van der Waals surface area contributed by atoms with Crippen LogP contribution in [0.1, 0.15) is 18.0 Å². The number of rotatable bonds is 2. The van der Waals surface area contributed by atoms with Gasteiger partial charge in [-0.3, -0.25) is 4.99 Å². The van der Waals surface area contributed by atoms with Crippen molar-refractivity contribution in [1.29, 1.82) is 0 Å². The van der Waals surface area contributed by atoms with E-state index in [1.165, 1.54) is 0 Å². The molecule has 0 saturated carbocycles. The summed E-state index contributed by atoms with van der Waals surface area (Å²) in [4.78, 5) is 4.54. The third-order valence-electron chi connectivity index (χ3n) is 4.47. The average molecular weight is 300 g/mol. The third-order valence-corrected chi connectivity index (χ3v) is 4.47. The summed E-state index contributed by atoms with van der Waals surface area (Å²) in [6, 6.07) is 6.03. The Morgan fingerprint density at radius 3 is 3.05 bits per heavy atom. The molecule has 1 saturated heterocycles. The molecule has 0 radical (unpaired) electrons. The van der Waals surface area contributed by atoms with Gasteiger partial charge < -0.3 is 25.5 Å². The lowest BCUT2D eigenvalue weighted by Crippen LogP contribution is -2.19. The van der Waals surface area contributed by atoms with E-state index in [-0.39, 0.29) is 11.9 Å². The Labute approximate surface area is 128 Å². The summed E-state index contributed by atoms with van der Waals surface area (Å²) in [7, 11) is 0. The van der Waals surface area contributed by atoms with Crippen LogP contribution in [0.25, 0.3) is 10.9 Å². The fourth-order valence-electron chi connectivity index (χ4n) is 3.44. The van der Waals surface area contributed by atoms with Crippen molar-refractivity contribution < 1.29 is 9.84 Å². The van der Waals surface area contributed by atoms with Gasteiger partial charge in [-0.15, -0.1) is 0 Å². The number of anilines is 1. The third kappa shape index (κ3) is 2.07. The van der Waals surface area contributed by atoms with Crippen molar-refractivity contribution in [3.63, 3.8) is 0 Å². The number of benzene rings is 1. The molecule has 2 aromatic rings. The van der Waals surface area contributed by atoms with E-state index in [2.05, 4.69) is 10.3 Å². The summed E-state index contributed by atoms with van der Waals surface area (Å²) in [5, 5.41) is 15.2. The Balaban J connectivity index is 1.96. The number of fused-ring (bicyclic) bond motifs is 1. The Morgan fingerprint density at radius 1 is 1.41 bits per heavy atom. The highest BCUT2D eigenvalue weighted by Crippen LogP contribution is 2.37. The summed E-state index contributed by atoms with van der Waals surface area (Å²) in [5.41, 5.74) is 9.23. The minimum atomic E-state index is 0.255. The maximum atomic E-state index is 10.9. The van der Waals surface area contributed by atoms with E-state index in [9.17, 15) is 5.11 Å². The summed E-state index contributed by atoms with van der Waals surface area (Å²) >= 11 is 0. The predicted octanol–water partition coefficient (Wildman–Crippen LogP) is 1.28. The number of nitrogen functional groups attached to an aromatic ring is 1. The van der Waals surface area contributed by atoms with Crippen molar-refractivity contribution in [2.24, 2.45) is 4.99 Å². The van der Waals surface area contributed by atoms with Crippen molar-refractivity contribution in [2.75, 3.05) is 38.6 Å². The number of nitrogens with two attached hydrogens (primary N) is 1. The van der Waals surface area contributed by atoms with Gasteiger partial charge in [-0.1, -0.05) is 0 Å². The Hall–Kier alpha value is -2.05. The SMILES string of the molecule is Nc1ccc2c(c1)c(C1=NCCOC1)c(O)n2[C@H]1CCNC1. The highest BCUT2D eigenvalue weighted by Gasteiger charge is 2.27. The number of nitrogens with zero attached hydrogens (tertiary/aromatic N) is 2. The Morgan fingerprint density at radius 2 is 2.32 bits per heavy atom. The van der Waals surface area contributed by atoms with Gasteiger partial charge in [-0.25, -0.2) is 0 Å². The fraction of sp³-hybridized carbons (Fsp3) is 0.438. The van der Waals surface area contributed by atoms with Crippen molar-refractivity contribution in [1.82, 2.24) is 9.88 Å². The van der Waals surface area contributed by atoms with E-state index in [1.807, 2.05) is 22.8 Å². The molecule has 22 heavy (non-hydrogen) atoms. The number of aromatic hydroxyl groups is 1. The summed E-state index contributed by atoms with van der Waals surface area (Å²) in [6.07, 6.45) is 1.00. The molecule has 6 nitrogen and oxygen atoms in total. The number of aliphatic imine (C=N–C) groups is 1. The monoisotopic (exact) mass is 300 g/mol. The van der Waals surface area contributed by atoms with E-state index >= 15 is 0 Å². The number of aromatic nitrogens is 1. The molecule has 2 aliphatic rings. The van der Waals surface area contributed by atoms with Crippen molar-refractivity contribution >= 4 is 22.3 Å². The van der Waals surface area contributed by atoms with Gasteiger partial charge in [0.15, 0.2) is 0 Å². The van der Waals surface area contributed by atoms with Gasteiger partial charge in [0.1, 0.15) is 0 Å². The van der Waals surface area contributed by atoms with Crippen LogP contribution in [0.2, 0.25) is 0 Å². The van der Waals surface area contributed by atoms with Crippen LogP contribution in [0.5, 0.6) is 5.88 Å². The molecular weight excluding hydrogens is 280 g/mol. The van der Waals surface area contributed by atoms with E-state index < -0.39 is 0 Å². The molecule has 0 bridgehead atoms. The minimum absolute atomic E-state index is 0.255. The Kier molecular flexibility index (Phi) is 3.28. The first-order chi connectivity index (χ1) is 10.8. The number of nitrogens with one attached hydrogen (secondary N) is 1. The molecule has 1 atom stereocenters. The second kappa shape index (κ2) is 5.30. The van der Waals surface area contributed by atoms with Crippen LogP contribution in [0, 0.1) is 0 Å². The lowest BCUT2D eigenvalue weighted by molar-refractivity contribution is 0.171. The van der Waals surface area contributed by atoms with Gasteiger partial charge in [-0.05, 0) is 31.2 Å². The van der Waals surface area contributed by atoms with Crippen LogP contribution in [-0.4, -0.2) is 48.2 Å². The molecule has 1 fully saturated rings. The van der Waals surface area contributed by atoms with Crippen molar-refractivity contribution in [3.8, 4) is 5.88 Å². The number of hydrogen-bond acceptors (Lipinski definition) is 5. The van der Waals surface area contributed by atoms with Crippen LogP contribution >= 0.6 is 0 Å². The first kappa shape index (κ1) is 13.6. The van der Waals surface area contributed by atoms with Crippen molar-refractivity contribution in [3.05, 3.63) is 23.8 Å². The molecule has 0 spiro atoms. The lowest BCUT2D eigenvalue weighted by atomic mass is 10.1. The maximum Gasteiger partial charge on any atom is 0.201 e. The van der Waals surface area contributed by atoms with E-state index in [0.717, 1.165) is 41.7 Å². The van der Waals surface area contributed by atoms with E-state index in [1.54, 1.807) is 0 Å². The molecule has 3 heterocycles. The van der Waals surface area contributed by atoms with Gasteiger partial charge in [-0.2, -0.15) is 0 Å². The maximum absolute atomic E-state index is 10.9. The normalized spacial score (nSPS) is 22.2. The number of hydrogen-bond donors (Lipinski definition) is 3. The van der Waals surface area contributed by atoms with Crippen LogP contribution in [0.15, 0.2) is 23.2 Å². The molecule has 116 valence electrons. The molecule has 0 unspecified atom stereocenters. The molecule has 4 N–H and O–H groups in total. The lowest BCUT2D eigenvalue weighted by Gasteiger charge is -2.15. The van der Waals surface area contributed by atoms with E-state index in [4.69, 9.17) is 10.5 Å². The molecule has 0 amide bonds. The highest BCUT2D eigenvalue weighted by molar-refractivity contribution is 6.14. The molecule has 0 aliphatic carbocycles. The molecule has 1 aromatic heterocycles. The highest BCUT2D eigenvalue weighted by atomic mass is 16.5. The predicted molar refractivity (Wildman–Crippen MR) is 86.8 cm³/mol. The van der Waals surface area contributed by atoms with Crippen LogP contribution in [0.4, 0.5) is 5.69 Å². The van der Waals surface area contributed by atoms with Gasteiger partial charge in [0.2, 0.25) is 5.88 Å². The van der Waals surface area contributed by atoms with Gasteiger partial charge in [0.25, 0.3) is 0 Å². The zero-order valence-electron chi connectivity index (χ0n) is 12.4. The number of ether oxygens (including phenoxy) is 1. The van der Waals surface area contributed by atoms with Crippen LogP contribution < -0.4 is 11.1 Å². The first-order valence-corrected chi connectivity index (χ1v) is 7.70. The Bertz CT molecular complexity index is 744. The average Bonchev–Trinajstić information content (AvgIpc) is 3.13. The second-order valence-electron chi connectivity index (χ2n) is 5.87. The molecule has 1 aromatic carbocycles. The smallest absolute Gasteiger partial charge is 0.201 e. The topological polar surface area (TPSA) is 84.8 Å². The zero-order valence-corrected chi connectivity index (χ0v) is 12.4. The van der Waals surface area contributed by atoms with Gasteiger partial charge in [0.05, 0.1) is 42.6 Å². The zero-order chi connectivity index (χ0) is 15.1. The largest absolute Gasteiger partial charge is 0.494 e. The standard InChI is InChI=1S/C16H20N4O2/c17-10-1-2-14-12(7-10)15(13-9-22-6-5-19-13)16(21)20(14)11-3-4-18-8-11/h1-2,7,11,18,21H,3-6,8-9,17H2/t11-/m0/s1. The summed E-state index contributed by atoms with van der Waals surface area (Å²) in [5.74, 6) is 0.276. The van der Waals surface area contributed by atoms with Crippen molar-refractivity contribution in [2.45, 2.75) is 12.5 Å².